The molecule has 1 aliphatic heterocycles. The quantitative estimate of drug-likeness (QED) is 0.611. The molecule has 2 heteroatoms. The van der Waals surface area contributed by atoms with Gasteiger partial charge in [0.05, 0.1) is 0 Å². The summed E-state index contributed by atoms with van der Waals surface area (Å²) in [6.07, 6.45) is 5.34. The second-order valence-electron chi connectivity index (χ2n) is 6.42. The molecule has 122 valence electrons. The fourth-order valence-electron chi connectivity index (χ4n) is 2.94. The van der Waals surface area contributed by atoms with Crippen molar-refractivity contribution >= 4 is 5.69 Å². The Balaban J connectivity index is 0.000000149. The number of benzene rings is 2. The third kappa shape index (κ3) is 3.83. The third-order valence-corrected chi connectivity index (χ3v) is 4.48. The molecule has 2 heterocycles. The molecule has 0 N–H and O–H groups in total. The first-order valence-electron chi connectivity index (χ1n) is 8.45. The van der Waals surface area contributed by atoms with Crippen molar-refractivity contribution in [3.63, 3.8) is 0 Å². The summed E-state index contributed by atoms with van der Waals surface area (Å²) in [6.45, 7) is 3.29. The highest BCUT2D eigenvalue weighted by Crippen LogP contribution is 2.25. The van der Waals surface area contributed by atoms with Crippen LogP contribution in [0.25, 0.3) is 11.1 Å². The standard InChI is InChI=1S/C13H14N.C9H11N/c1-11-3-5-12(6-4-11)13-7-9-14(2)10-8-13;1-10-7-6-8-4-2-3-5-9(8)10/h3-10H,1-2H3;2-5H,6-7H2,1H3/q+1;. The van der Waals surface area contributed by atoms with Gasteiger partial charge in [-0.3, -0.25) is 0 Å². The van der Waals surface area contributed by atoms with Gasteiger partial charge in [0.2, 0.25) is 0 Å². The van der Waals surface area contributed by atoms with Gasteiger partial charge in [-0.05, 0) is 36.1 Å². The van der Waals surface area contributed by atoms with Crippen LogP contribution >= 0.6 is 0 Å². The molecule has 0 bridgehead atoms. The first-order chi connectivity index (χ1) is 11.6. The molecule has 0 saturated carbocycles. The molecule has 0 unspecified atom stereocenters. The third-order valence-electron chi connectivity index (χ3n) is 4.48. The summed E-state index contributed by atoms with van der Waals surface area (Å²) in [7, 11) is 4.17. The highest BCUT2D eigenvalue weighted by molar-refractivity contribution is 5.62. The fourth-order valence-corrected chi connectivity index (χ4v) is 2.94. The highest BCUT2D eigenvalue weighted by Gasteiger charge is 2.12. The molecular weight excluding hydrogens is 292 g/mol. The van der Waals surface area contributed by atoms with Crippen molar-refractivity contribution < 1.29 is 4.57 Å². The maximum Gasteiger partial charge on any atom is 0.169 e. The largest absolute Gasteiger partial charge is 0.374 e. The van der Waals surface area contributed by atoms with E-state index in [0.29, 0.717) is 0 Å². The van der Waals surface area contributed by atoms with Gasteiger partial charge in [-0.2, -0.15) is 0 Å². The van der Waals surface area contributed by atoms with E-state index in [2.05, 4.69) is 91.9 Å². The van der Waals surface area contributed by atoms with Crippen molar-refractivity contribution in [2.24, 2.45) is 7.05 Å². The lowest BCUT2D eigenvalue weighted by molar-refractivity contribution is -0.671. The van der Waals surface area contributed by atoms with Crippen LogP contribution < -0.4 is 9.47 Å². The van der Waals surface area contributed by atoms with Gasteiger partial charge in [-0.1, -0.05) is 48.0 Å². The number of fused-ring (bicyclic) bond motifs is 1. The van der Waals surface area contributed by atoms with Gasteiger partial charge in [0.15, 0.2) is 12.4 Å². The van der Waals surface area contributed by atoms with E-state index in [4.69, 9.17) is 0 Å². The molecule has 0 saturated heterocycles. The first kappa shape index (κ1) is 16.3. The zero-order chi connectivity index (χ0) is 16.9. The summed E-state index contributed by atoms with van der Waals surface area (Å²) in [6, 6.07) is 21.5. The minimum Gasteiger partial charge on any atom is -0.374 e. The summed E-state index contributed by atoms with van der Waals surface area (Å²) in [5.41, 5.74) is 6.74. The van der Waals surface area contributed by atoms with Crippen molar-refractivity contribution in [2.75, 3.05) is 18.5 Å². The molecule has 1 aliphatic rings. The molecule has 0 fully saturated rings. The summed E-state index contributed by atoms with van der Waals surface area (Å²) >= 11 is 0. The van der Waals surface area contributed by atoms with Crippen molar-refractivity contribution in [1.29, 1.82) is 0 Å². The number of rotatable bonds is 1. The molecule has 2 nitrogen and oxygen atoms in total. The van der Waals surface area contributed by atoms with Crippen molar-refractivity contribution in [1.82, 2.24) is 0 Å². The van der Waals surface area contributed by atoms with Crippen LogP contribution in [0.3, 0.4) is 0 Å². The van der Waals surface area contributed by atoms with Crippen LogP contribution in [0.2, 0.25) is 0 Å². The average Bonchev–Trinajstić information content (AvgIpc) is 2.99. The first-order valence-corrected chi connectivity index (χ1v) is 8.45. The van der Waals surface area contributed by atoms with E-state index in [1.54, 1.807) is 0 Å². The van der Waals surface area contributed by atoms with Crippen LogP contribution in [0.15, 0.2) is 73.1 Å². The second kappa shape index (κ2) is 7.31. The highest BCUT2D eigenvalue weighted by atomic mass is 15.1. The smallest absolute Gasteiger partial charge is 0.169 e. The number of pyridine rings is 1. The van der Waals surface area contributed by atoms with Crippen molar-refractivity contribution in [3.05, 3.63) is 84.2 Å². The maximum atomic E-state index is 2.30. The summed E-state index contributed by atoms with van der Waals surface area (Å²) in [4.78, 5) is 2.30. The van der Waals surface area contributed by atoms with E-state index in [1.165, 1.54) is 40.9 Å². The molecule has 0 aliphatic carbocycles. The van der Waals surface area contributed by atoms with Gasteiger partial charge in [-0.25, -0.2) is 4.57 Å². The SMILES string of the molecule is CN1CCc2ccccc21.Cc1ccc(-c2cc[n+](C)cc2)cc1. The minimum absolute atomic E-state index is 1.18. The lowest BCUT2D eigenvalue weighted by Crippen LogP contribution is -2.25. The topological polar surface area (TPSA) is 7.12 Å². The maximum absolute atomic E-state index is 2.30. The predicted molar refractivity (Wildman–Crippen MR) is 101 cm³/mol. The Kier molecular flexibility index (Phi) is 4.95. The van der Waals surface area contributed by atoms with E-state index >= 15 is 0 Å². The second-order valence-corrected chi connectivity index (χ2v) is 6.42. The van der Waals surface area contributed by atoms with Gasteiger partial charge in [0, 0.05) is 31.4 Å². The lowest BCUT2D eigenvalue weighted by Gasteiger charge is -2.10. The van der Waals surface area contributed by atoms with Crippen LogP contribution in [0, 0.1) is 6.92 Å². The Morgan fingerprint density at radius 3 is 2.12 bits per heavy atom. The number of anilines is 1. The number of likely N-dealkylation sites (N-methyl/N-ethyl adjacent to an activating group) is 1. The summed E-state index contributed by atoms with van der Waals surface area (Å²) in [5.74, 6) is 0. The Morgan fingerprint density at radius 1 is 0.833 bits per heavy atom. The van der Waals surface area contributed by atoms with E-state index in [0.717, 1.165) is 0 Å². The molecule has 0 radical (unpaired) electrons. The van der Waals surface area contributed by atoms with Gasteiger partial charge >= 0.3 is 0 Å². The van der Waals surface area contributed by atoms with E-state index in [1.807, 2.05) is 11.6 Å². The molecule has 1 aromatic heterocycles. The van der Waals surface area contributed by atoms with Gasteiger partial charge in [-0.15, -0.1) is 0 Å². The monoisotopic (exact) mass is 317 g/mol. The predicted octanol–water partition coefficient (Wildman–Crippen LogP) is 4.17. The molecule has 3 aromatic rings. The average molecular weight is 317 g/mol. The molecule has 0 atom stereocenters. The van der Waals surface area contributed by atoms with Crippen LogP contribution in [-0.4, -0.2) is 13.6 Å². The minimum atomic E-state index is 1.18. The number of aromatic nitrogens is 1. The van der Waals surface area contributed by atoms with Crippen LogP contribution in [0.4, 0.5) is 5.69 Å². The Labute approximate surface area is 145 Å². The van der Waals surface area contributed by atoms with Crippen molar-refractivity contribution in [2.45, 2.75) is 13.3 Å². The molecule has 4 rings (SSSR count). The van der Waals surface area contributed by atoms with Gasteiger partial charge < -0.3 is 4.90 Å². The van der Waals surface area contributed by atoms with Gasteiger partial charge in [0.1, 0.15) is 7.05 Å². The molecule has 24 heavy (non-hydrogen) atoms. The van der Waals surface area contributed by atoms with Crippen LogP contribution in [0.1, 0.15) is 11.1 Å². The van der Waals surface area contributed by atoms with Gasteiger partial charge in [0.25, 0.3) is 0 Å². The molecular formula is C22H25N2+. The number of aryl methyl sites for hydroxylation is 2. The van der Waals surface area contributed by atoms with E-state index < -0.39 is 0 Å². The molecule has 0 amide bonds. The Morgan fingerprint density at radius 2 is 1.46 bits per heavy atom. The summed E-state index contributed by atoms with van der Waals surface area (Å²) < 4.78 is 2.04. The van der Waals surface area contributed by atoms with Crippen LogP contribution in [-0.2, 0) is 13.5 Å². The molecule has 2 aromatic carbocycles. The Hall–Kier alpha value is -2.61. The zero-order valence-corrected chi connectivity index (χ0v) is 14.7. The molecule has 0 spiro atoms. The van der Waals surface area contributed by atoms with Crippen LogP contribution in [0.5, 0.6) is 0 Å². The number of nitrogens with zero attached hydrogens (tertiary/aromatic N) is 2. The van der Waals surface area contributed by atoms with E-state index in [9.17, 15) is 0 Å². The number of para-hydroxylation sites is 1. The number of hydrogen-bond donors (Lipinski definition) is 0. The van der Waals surface area contributed by atoms with E-state index in [-0.39, 0.29) is 0 Å². The number of hydrogen-bond acceptors (Lipinski definition) is 1. The summed E-state index contributed by atoms with van der Waals surface area (Å²) in [5, 5.41) is 0. The lowest BCUT2D eigenvalue weighted by atomic mass is 10.1. The zero-order valence-electron chi connectivity index (χ0n) is 14.7. The normalized spacial score (nSPS) is 12.4. The Bertz CT molecular complexity index is 745. The van der Waals surface area contributed by atoms with Crippen molar-refractivity contribution in [3.8, 4) is 11.1 Å². The fraction of sp³-hybridized carbons (Fsp3) is 0.227.